The summed E-state index contributed by atoms with van der Waals surface area (Å²) in [6.07, 6.45) is 1.42. The van der Waals surface area contributed by atoms with Crippen molar-refractivity contribution in [2.45, 2.75) is 4.90 Å². The second-order valence-electron chi connectivity index (χ2n) is 5.52. The normalized spacial score (nSPS) is 15.2. The van der Waals surface area contributed by atoms with Crippen LogP contribution in [-0.2, 0) is 24.2 Å². The third-order valence-corrected chi connectivity index (χ3v) is 7.97. The molecule has 2 heterocycles. The maximum absolute atomic E-state index is 13.0. The molecule has 1 aliphatic heterocycles. The molecule has 0 spiro atoms. The van der Waals surface area contributed by atoms with Crippen LogP contribution in [0.1, 0.15) is 0 Å². The van der Waals surface area contributed by atoms with Crippen molar-refractivity contribution in [2.24, 2.45) is 4.99 Å². The number of hydrogen-bond donors (Lipinski definition) is 2. The van der Waals surface area contributed by atoms with Crippen LogP contribution in [0.25, 0.3) is 10.9 Å². The number of hydrogen-bond acceptors (Lipinski definition) is 6. The van der Waals surface area contributed by atoms with E-state index in [0.29, 0.717) is 14.7 Å². The van der Waals surface area contributed by atoms with Gasteiger partial charge in [-0.25, -0.2) is 0 Å². The molecule has 8 nitrogen and oxygen atoms in total. The van der Waals surface area contributed by atoms with Gasteiger partial charge >= 0.3 is 186 Å². The van der Waals surface area contributed by atoms with Crippen LogP contribution in [0.4, 0.5) is 4.39 Å². The van der Waals surface area contributed by atoms with Crippen LogP contribution in [0.5, 0.6) is 0 Å². The SMILES string of the molecule is COC1=NC(NS(=O)(=O)c2c[nH]c3cc(Br)ccc23)=C[I-]C(OC)=C1OCCF. The van der Waals surface area contributed by atoms with Gasteiger partial charge in [-0.05, 0) is 0 Å². The van der Waals surface area contributed by atoms with E-state index in [1.165, 1.54) is 20.4 Å². The Labute approximate surface area is 185 Å². The van der Waals surface area contributed by atoms with E-state index in [4.69, 9.17) is 14.2 Å². The van der Waals surface area contributed by atoms with Crippen molar-refractivity contribution in [1.29, 1.82) is 0 Å². The third-order valence-electron chi connectivity index (χ3n) is 3.68. The van der Waals surface area contributed by atoms with Gasteiger partial charge in [0.25, 0.3) is 0 Å². The first-order valence-electron chi connectivity index (χ1n) is 8.12. The van der Waals surface area contributed by atoms with Gasteiger partial charge in [0, 0.05) is 0 Å². The van der Waals surface area contributed by atoms with Gasteiger partial charge in [0.2, 0.25) is 0 Å². The van der Waals surface area contributed by atoms with Crippen LogP contribution in [0.3, 0.4) is 0 Å². The predicted octanol–water partition coefficient (Wildman–Crippen LogP) is -0.0433. The number of benzene rings is 1. The predicted molar refractivity (Wildman–Crippen MR) is 105 cm³/mol. The molecule has 29 heavy (non-hydrogen) atoms. The van der Waals surface area contributed by atoms with E-state index in [2.05, 4.69) is 30.6 Å². The van der Waals surface area contributed by atoms with Crippen LogP contribution in [0.15, 0.2) is 58.2 Å². The molecule has 3 rings (SSSR count). The summed E-state index contributed by atoms with van der Waals surface area (Å²) in [5.41, 5.74) is 0.674. The fourth-order valence-corrected chi connectivity index (χ4v) is 6.03. The summed E-state index contributed by atoms with van der Waals surface area (Å²) < 4.78 is 59.8. The summed E-state index contributed by atoms with van der Waals surface area (Å²) in [6.45, 7) is -0.889. The molecule has 0 radical (unpaired) electrons. The zero-order chi connectivity index (χ0) is 21.0. The Morgan fingerprint density at radius 1 is 1.31 bits per heavy atom. The van der Waals surface area contributed by atoms with Crippen LogP contribution >= 0.6 is 15.9 Å². The van der Waals surface area contributed by atoms with E-state index in [1.54, 1.807) is 22.3 Å². The molecule has 2 aromatic rings. The van der Waals surface area contributed by atoms with Gasteiger partial charge in [0.05, 0.1) is 0 Å². The van der Waals surface area contributed by atoms with Crippen molar-refractivity contribution in [2.75, 3.05) is 27.5 Å². The molecule has 12 heteroatoms. The van der Waals surface area contributed by atoms with Crippen molar-refractivity contribution in [3.05, 3.63) is 48.3 Å². The summed E-state index contributed by atoms with van der Waals surface area (Å²) in [6, 6.07) is 5.25. The Balaban J connectivity index is 1.93. The van der Waals surface area contributed by atoms with E-state index in [0.717, 1.165) is 4.47 Å². The molecule has 0 fully saturated rings. The van der Waals surface area contributed by atoms with Crippen molar-refractivity contribution < 1.29 is 48.2 Å². The second kappa shape index (κ2) is 9.34. The molecule has 158 valence electrons. The van der Waals surface area contributed by atoms with Crippen LogP contribution in [0.2, 0.25) is 0 Å². The molecule has 2 N–H and O–H groups in total. The third kappa shape index (κ3) is 4.86. The number of sulfonamides is 1. The number of nitrogens with one attached hydrogen (secondary N) is 2. The summed E-state index contributed by atoms with van der Waals surface area (Å²) in [7, 11) is -1.12. The number of methoxy groups -OCH3 is 2. The molecule has 0 aliphatic carbocycles. The number of alkyl halides is 1. The molecule has 1 aromatic heterocycles. The number of fused-ring (bicyclic) bond motifs is 1. The first-order chi connectivity index (χ1) is 13.9. The van der Waals surface area contributed by atoms with Gasteiger partial charge in [0.1, 0.15) is 0 Å². The Morgan fingerprint density at radius 2 is 2.10 bits per heavy atom. The zero-order valence-corrected chi connectivity index (χ0v) is 19.9. The number of aromatic amines is 1. The Morgan fingerprint density at radius 3 is 2.79 bits per heavy atom. The first kappa shape index (κ1) is 21.9. The number of halogens is 3. The number of rotatable bonds is 7. The fourth-order valence-electron chi connectivity index (χ4n) is 2.49. The van der Waals surface area contributed by atoms with E-state index in [1.807, 2.05) is 0 Å². The van der Waals surface area contributed by atoms with Crippen LogP contribution in [-0.4, -0.2) is 46.8 Å². The van der Waals surface area contributed by atoms with E-state index < -0.39 is 37.9 Å². The number of ether oxygens (including phenoxy) is 3. The van der Waals surface area contributed by atoms with Gasteiger partial charge in [-0.3, -0.25) is 0 Å². The van der Waals surface area contributed by atoms with E-state index in [-0.39, 0.29) is 29.0 Å². The summed E-state index contributed by atoms with van der Waals surface area (Å²) in [5, 5.41) is 0.545. The monoisotopic (exact) mass is 600 g/mol. The standard InChI is InChI=1S/C17H17BrFIN3O5S/c1-26-16-15(28-6-5-19)17(27-2)22-14(8-20-16)23-29(24,25)13-9-21-12-7-10(18)3-4-11(12)13/h3-4,7-9,21,23H,5-6H2,1-2H3/q-1. The molecule has 0 saturated heterocycles. The Kier molecular flexibility index (Phi) is 7.05. The molecular weight excluding hydrogens is 584 g/mol. The quantitative estimate of drug-likeness (QED) is 0.434. The van der Waals surface area contributed by atoms with Gasteiger partial charge in [-0.1, -0.05) is 0 Å². The number of nitrogens with zero attached hydrogens (tertiary/aromatic N) is 1. The van der Waals surface area contributed by atoms with E-state index >= 15 is 0 Å². The molecule has 0 bridgehead atoms. The minimum absolute atomic E-state index is 0.00399. The summed E-state index contributed by atoms with van der Waals surface area (Å²) in [4.78, 5) is 7.24. The molecule has 1 aliphatic rings. The van der Waals surface area contributed by atoms with Gasteiger partial charge in [-0.2, -0.15) is 0 Å². The summed E-state index contributed by atoms with van der Waals surface area (Å²) >= 11 is 2.41. The van der Waals surface area contributed by atoms with Gasteiger partial charge in [0.15, 0.2) is 0 Å². The van der Waals surface area contributed by atoms with Gasteiger partial charge < -0.3 is 0 Å². The topological polar surface area (TPSA) is 102 Å². The Bertz CT molecular complexity index is 1110. The average Bonchev–Trinajstić information content (AvgIpc) is 3.04. The zero-order valence-electron chi connectivity index (χ0n) is 15.3. The second-order valence-corrected chi connectivity index (χ2v) is 10.3. The Hall–Kier alpha value is -1.80. The molecule has 0 atom stereocenters. The first-order valence-corrected chi connectivity index (χ1v) is 12.7. The average molecular weight is 601 g/mol. The van der Waals surface area contributed by atoms with Crippen molar-refractivity contribution in [3.8, 4) is 0 Å². The fraction of sp³-hybridized carbons (Fsp3) is 0.235. The van der Waals surface area contributed by atoms with Crippen molar-refractivity contribution >= 4 is 42.8 Å². The number of aromatic nitrogens is 1. The number of H-pyrrole nitrogens is 1. The van der Waals surface area contributed by atoms with E-state index in [9.17, 15) is 12.8 Å². The van der Waals surface area contributed by atoms with Crippen molar-refractivity contribution in [1.82, 2.24) is 9.71 Å². The molecule has 0 saturated carbocycles. The minimum atomic E-state index is -3.93. The summed E-state index contributed by atoms with van der Waals surface area (Å²) in [5.74, 6) is 0.252. The molecule has 1 aromatic carbocycles. The van der Waals surface area contributed by atoms with Crippen LogP contribution < -0.4 is 25.9 Å². The number of aliphatic imine (C=N–C) groups is 1. The molecule has 0 amide bonds. The molecule has 0 unspecified atom stereocenters. The van der Waals surface area contributed by atoms with Crippen LogP contribution in [0, 0.1) is 0 Å². The van der Waals surface area contributed by atoms with Crippen molar-refractivity contribution in [3.63, 3.8) is 0 Å². The van der Waals surface area contributed by atoms with Gasteiger partial charge in [-0.15, -0.1) is 0 Å². The molecular formula is C17H17BrFIN3O5S-. The maximum atomic E-state index is 13.0.